The highest BCUT2D eigenvalue weighted by atomic mass is 19.3. The molecule has 0 aromatic carbocycles. The van der Waals surface area contributed by atoms with E-state index in [1.807, 2.05) is 0 Å². The molecule has 1 unspecified atom stereocenters. The number of hydrogen-bond acceptors (Lipinski definition) is 2. The monoisotopic (exact) mass is 179 g/mol. The fourth-order valence-electron chi connectivity index (χ4n) is 1.20. The van der Waals surface area contributed by atoms with Gasteiger partial charge >= 0.3 is 5.92 Å². The first-order valence-electron chi connectivity index (χ1n) is 3.76. The van der Waals surface area contributed by atoms with Crippen molar-refractivity contribution in [1.29, 1.82) is 0 Å². The Bertz CT molecular complexity index is 190. The molecule has 5 heteroatoms. The Labute approximate surface area is 69.0 Å². The molecule has 0 spiro atoms. The topological polar surface area (TPSA) is 40.5 Å². The number of halogens is 2. The van der Waals surface area contributed by atoms with Crippen molar-refractivity contribution in [2.24, 2.45) is 0 Å². The molecule has 0 aromatic heterocycles. The molecule has 1 heterocycles. The fraction of sp³-hybridized carbons (Fsp3) is 0.857. The van der Waals surface area contributed by atoms with Gasteiger partial charge in [0.1, 0.15) is 0 Å². The molecule has 1 aliphatic heterocycles. The van der Waals surface area contributed by atoms with Crippen molar-refractivity contribution in [2.45, 2.75) is 25.4 Å². The smallest absolute Gasteiger partial charge is 0.322 e. The van der Waals surface area contributed by atoms with E-state index in [0.29, 0.717) is 13.3 Å². The van der Waals surface area contributed by atoms with E-state index in [1.54, 1.807) is 0 Å². The van der Waals surface area contributed by atoms with Gasteiger partial charge in [0, 0.05) is 20.0 Å². The van der Waals surface area contributed by atoms with Crippen LogP contribution in [0.1, 0.15) is 13.3 Å². The summed E-state index contributed by atoms with van der Waals surface area (Å²) < 4.78 is 24.8. The average Bonchev–Trinajstić information content (AvgIpc) is 2.32. The van der Waals surface area contributed by atoms with Crippen LogP contribution in [-0.2, 0) is 4.79 Å². The number of β-amino-alcohol motifs (C(OH)–C–C–N with tert-alkyl or cyclic N) is 1. The first-order valence-corrected chi connectivity index (χ1v) is 3.76. The second kappa shape index (κ2) is 2.97. The van der Waals surface area contributed by atoms with Crippen LogP contribution in [0.2, 0.25) is 0 Å². The quantitative estimate of drug-likeness (QED) is 0.626. The number of aliphatic hydroxyl groups is 1. The maximum Gasteiger partial charge on any atom is 0.322 e. The summed E-state index contributed by atoms with van der Waals surface area (Å²) >= 11 is 0. The summed E-state index contributed by atoms with van der Waals surface area (Å²) in [5.41, 5.74) is 0. The third-order valence-electron chi connectivity index (χ3n) is 1.83. The second-order valence-corrected chi connectivity index (χ2v) is 3.08. The van der Waals surface area contributed by atoms with Crippen molar-refractivity contribution in [3.8, 4) is 0 Å². The van der Waals surface area contributed by atoms with Crippen LogP contribution in [-0.4, -0.2) is 41.0 Å². The number of nitrogens with zero attached hydrogens (tertiary/aromatic N) is 1. The van der Waals surface area contributed by atoms with Gasteiger partial charge in [-0.05, 0) is 6.42 Å². The number of aliphatic hydroxyl groups excluding tert-OH is 1. The summed E-state index contributed by atoms with van der Waals surface area (Å²) in [6.45, 7) is 0.825. The molecule has 1 atom stereocenters. The van der Waals surface area contributed by atoms with Gasteiger partial charge in [-0.25, -0.2) is 0 Å². The Morgan fingerprint density at radius 2 is 2.25 bits per heavy atom. The zero-order valence-electron chi connectivity index (χ0n) is 6.76. The van der Waals surface area contributed by atoms with Crippen LogP contribution in [0, 0.1) is 0 Å². The first-order chi connectivity index (χ1) is 5.41. The van der Waals surface area contributed by atoms with Gasteiger partial charge in [-0.1, -0.05) is 0 Å². The fourth-order valence-corrected chi connectivity index (χ4v) is 1.20. The summed E-state index contributed by atoms with van der Waals surface area (Å²) in [5.74, 6) is -4.51. The third-order valence-corrected chi connectivity index (χ3v) is 1.83. The van der Waals surface area contributed by atoms with E-state index in [9.17, 15) is 13.6 Å². The van der Waals surface area contributed by atoms with E-state index in [1.165, 1.54) is 0 Å². The SMILES string of the molecule is CC(F)(F)C(=O)N1CCC(O)C1. The summed E-state index contributed by atoms with van der Waals surface area (Å²) in [4.78, 5) is 11.9. The van der Waals surface area contributed by atoms with Gasteiger partial charge in [-0.3, -0.25) is 4.79 Å². The van der Waals surface area contributed by atoms with Crippen LogP contribution in [0.15, 0.2) is 0 Å². The standard InChI is InChI=1S/C7H11F2NO2/c1-7(8,9)6(12)10-3-2-5(11)4-10/h5,11H,2-4H2,1H3. The minimum Gasteiger partial charge on any atom is -0.391 e. The van der Waals surface area contributed by atoms with E-state index in [0.717, 1.165) is 4.90 Å². The van der Waals surface area contributed by atoms with Crippen LogP contribution >= 0.6 is 0 Å². The van der Waals surface area contributed by atoms with E-state index in [-0.39, 0.29) is 13.1 Å². The molecule has 0 saturated carbocycles. The summed E-state index contributed by atoms with van der Waals surface area (Å²) in [6.07, 6.45) is -0.252. The Morgan fingerprint density at radius 1 is 1.67 bits per heavy atom. The molecular weight excluding hydrogens is 168 g/mol. The highest BCUT2D eigenvalue weighted by Gasteiger charge is 2.39. The lowest BCUT2D eigenvalue weighted by molar-refractivity contribution is -0.154. The van der Waals surface area contributed by atoms with Gasteiger partial charge in [-0.2, -0.15) is 8.78 Å². The first kappa shape index (κ1) is 9.38. The van der Waals surface area contributed by atoms with Crippen LogP contribution in [0.3, 0.4) is 0 Å². The number of alkyl halides is 2. The molecule has 70 valence electrons. The van der Waals surface area contributed by atoms with Crippen LogP contribution < -0.4 is 0 Å². The molecule has 0 aromatic rings. The molecular formula is C7H11F2NO2. The van der Waals surface area contributed by atoms with Gasteiger partial charge in [0.25, 0.3) is 5.91 Å². The largest absolute Gasteiger partial charge is 0.391 e. The number of amides is 1. The van der Waals surface area contributed by atoms with E-state index in [2.05, 4.69) is 0 Å². The Kier molecular flexibility index (Phi) is 2.32. The minimum absolute atomic E-state index is 0.0300. The summed E-state index contributed by atoms with van der Waals surface area (Å²) in [6, 6.07) is 0. The number of carbonyl (C=O) groups excluding carboxylic acids is 1. The van der Waals surface area contributed by atoms with Gasteiger partial charge in [0.05, 0.1) is 6.10 Å². The van der Waals surface area contributed by atoms with Crippen LogP contribution in [0.5, 0.6) is 0 Å². The summed E-state index contributed by atoms with van der Waals surface area (Å²) in [5, 5.41) is 8.98. The lowest BCUT2D eigenvalue weighted by atomic mass is 10.3. The Morgan fingerprint density at radius 3 is 2.58 bits per heavy atom. The number of likely N-dealkylation sites (tertiary alicyclic amines) is 1. The molecule has 0 radical (unpaired) electrons. The predicted molar refractivity (Wildman–Crippen MR) is 37.8 cm³/mol. The third kappa shape index (κ3) is 1.91. The molecule has 12 heavy (non-hydrogen) atoms. The van der Waals surface area contributed by atoms with Crippen LogP contribution in [0.25, 0.3) is 0 Å². The lowest BCUT2D eigenvalue weighted by Gasteiger charge is -2.19. The summed E-state index contributed by atoms with van der Waals surface area (Å²) in [7, 11) is 0. The van der Waals surface area contributed by atoms with Gasteiger partial charge in [0.2, 0.25) is 0 Å². The van der Waals surface area contributed by atoms with E-state index >= 15 is 0 Å². The lowest BCUT2D eigenvalue weighted by Crippen LogP contribution is -2.40. The van der Waals surface area contributed by atoms with Crippen molar-refractivity contribution in [1.82, 2.24) is 4.90 Å². The Hall–Kier alpha value is -0.710. The zero-order valence-corrected chi connectivity index (χ0v) is 6.76. The van der Waals surface area contributed by atoms with Crippen LogP contribution in [0.4, 0.5) is 8.78 Å². The molecule has 3 nitrogen and oxygen atoms in total. The molecule has 1 rings (SSSR count). The minimum atomic E-state index is -3.32. The molecule has 1 N–H and O–H groups in total. The van der Waals surface area contributed by atoms with E-state index < -0.39 is 17.9 Å². The van der Waals surface area contributed by atoms with Gasteiger partial charge < -0.3 is 10.0 Å². The highest BCUT2D eigenvalue weighted by Crippen LogP contribution is 2.19. The normalized spacial score (nSPS) is 24.7. The maximum atomic E-state index is 12.4. The number of rotatable bonds is 1. The number of hydrogen-bond donors (Lipinski definition) is 1. The van der Waals surface area contributed by atoms with Gasteiger partial charge in [0.15, 0.2) is 0 Å². The van der Waals surface area contributed by atoms with Crippen molar-refractivity contribution in [2.75, 3.05) is 13.1 Å². The predicted octanol–water partition coefficient (Wildman–Crippen LogP) is 0.235. The van der Waals surface area contributed by atoms with Crippen molar-refractivity contribution >= 4 is 5.91 Å². The van der Waals surface area contributed by atoms with Gasteiger partial charge in [-0.15, -0.1) is 0 Å². The molecule has 1 fully saturated rings. The molecule has 1 aliphatic rings. The molecule has 1 amide bonds. The zero-order chi connectivity index (χ0) is 9.35. The average molecular weight is 179 g/mol. The second-order valence-electron chi connectivity index (χ2n) is 3.08. The van der Waals surface area contributed by atoms with Crippen molar-refractivity contribution in [3.63, 3.8) is 0 Å². The van der Waals surface area contributed by atoms with E-state index in [4.69, 9.17) is 5.11 Å². The van der Waals surface area contributed by atoms with Crippen molar-refractivity contribution in [3.05, 3.63) is 0 Å². The Balaban J connectivity index is 2.55. The maximum absolute atomic E-state index is 12.4. The molecule has 1 saturated heterocycles. The number of carbonyl (C=O) groups is 1. The molecule has 0 aliphatic carbocycles. The van der Waals surface area contributed by atoms with Crippen molar-refractivity contribution < 1.29 is 18.7 Å². The highest BCUT2D eigenvalue weighted by molar-refractivity contribution is 5.83. The molecule has 0 bridgehead atoms.